The molecule has 0 radical (unpaired) electrons. The largest absolute Gasteiger partial charge is 0.488 e. The second-order valence-electron chi connectivity index (χ2n) is 3.09. The first kappa shape index (κ1) is 12.6. The van der Waals surface area contributed by atoms with Gasteiger partial charge in [-0.2, -0.15) is 0 Å². The lowest BCUT2D eigenvalue weighted by molar-refractivity contribution is 0.354. The topological polar surface area (TPSA) is 21.3 Å². The standard InChI is InChI=1S/C11H13BrClNO/c1-8(13)7-15-11-4-3-10(12)5-9(11)6-14-2/h3-5,14H,1,6-7H2,2H3. The maximum Gasteiger partial charge on any atom is 0.124 e. The van der Waals surface area contributed by atoms with Crippen LogP contribution < -0.4 is 10.1 Å². The lowest BCUT2D eigenvalue weighted by Gasteiger charge is -2.11. The highest BCUT2D eigenvalue weighted by atomic mass is 79.9. The van der Waals surface area contributed by atoms with Crippen LogP contribution in [0.15, 0.2) is 34.3 Å². The van der Waals surface area contributed by atoms with Crippen LogP contribution >= 0.6 is 27.5 Å². The molecule has 1 aromatic rings. The Morgan fingerprint density at radius 2 is 2.33 bits per heavy atom. The molecular formula is C11H13BrClNO. The Kier molecular flexibility index (Phi) is 5.15. The van der Waals surface area contributed by atoms with Crippen LogP contribution in [-0.4, -0.2) is 13.7 Å². The van der Waals surface area contributed by atoms with E-state index in [0.717, 1.165) is 22.3 Å². The highest BCUT2D eigenvalue weighted by Gasteiger charge is 2.04. The lowest BCUT2D eigenvalue weighted by atomic mass is 10.2. The predicted molar refractivity (Wildman–Crippen MR) is 67.4 cm³/mol. The van der Waals surface area contributed by atoms with E-state index in [4.69, 9.17) is 16.3 Å². The molecule has 0 saturated heterocycles. The molecule has 1 aromatic carbocycles. The molecule has 0 aliphatic heterocycles. The van der Waals surface area contributed by atoms with Crippen molar-refractivity contribution in [3.05, 3.63) is 39.8 Å². The van der Waals surface area contributed by atoms with Crippen molar-refractivity contribution in [1.29, 1.82) is 0 Å². The van der Waals surface area contributed by atoms with Gasteiger partial charge in [-0.25, -0.2) is 0 Å². The molecule has 0 atom stereocenters. The summed E-state index contributed by atoms with van der Waals surface area (Å²) in [5.74, 6) is 0.828. The molecule has 82 valence electrons. The zero-order valence-corrected chi connectivity index (χ0v) is 10.9. The first-order valence-corrected chi connectivity index (χ1v) is 5.69. The monoisotopic (exact) mass is 289 g/mol. The van der Waals surface area contributed by atoms with E-state index >= 15 is 0 Å². The molecule has 0 aliphatic rings. The minimum atomic E-state index is 0.333. The molecule has 1 N–H and O–H groups in total. The molecule has 0 unspecified atom stereocenters. The van der Waals surface area contributed by atoms with Crippen molar-refractivity contribution in [2.24, 2.45) is 0 Å². The molecule has 0 spiro atoms. The number of ether oxygens (including phenoxy) is 1. The fourth-order valence-electron chi connectivity index (χ4n) is 1.17. The minimum absolute atomic E-state index is 0.333. The second-order valence-corrected chi connectivity index (χ2v) is 4.54. The first-order valence-electron chi connectivity index (χ1n) is 4.52. The Morgan fingerprint density at radius 3 is 2.93 bits per heavy atom. The number of halogens is 2. The first-order chi connectivity index (χ1) is 7.13. The summed E-state index contributed by atoms with van der Waals surface area (Å²) in [5, 5.41) is 3.58. The fourth-order valence-corrected chi connectivity index (χ4v) is 1.64. The molecule has 4 heteroatoms. The number of nitrogens with one attached hydrogen (secondary N) is 1. The molecule has 0 heterocycles. The fraction of sp³-hybridized carbons (Fsp3) is 0.273. The Hall–Kier alpha value is -0.510. The van der Waals surface area contributed by atoms with E-state index < -0.39 is 0 Å². The summed E-state index contributed by atoms with van der Waals surface area (Å²) in [6, 6.07) is 5.87. The van der Waals surface area contributed by atoms with Crippen LogP contribution in [0, 0.1) is 0 Å². The summed E-state index contributed by atoms with van der Waals surface area (Å²) in [7, 11) is 1.89. The van der Waals surface area contributed by atoms with Crippen molar-refractivity contribution in [1.82, 2.24) is 5.32 Å². The SMILES string of the molecule is C=C(Cl)COc1ccc(Br)cc1CNC. The summed E-state index contributed by atoms with van der Waals surface area (Å²) in [5.41, 5.74) is 1.09. The van der Waals surface area contributed by atoms with Crippen LogP contribution in [0.25, 0.3) is 0 Å². The minimum Gasteiger partial charge on any atom is -0.488 e. The van der Waals surface area contributed by atoms with Crippen molar-refractivity contribution >= 4 is 27.5 Å². The van der Waals surface area contributed by atoms with Crippen molar-refractivity contribution in [3.8, 4) is 5.75 Å². The maximum absolute atomic E-state index is 5.64. The lowest BCUT2D eigenvalue weighted by Crippen LogP contribution is -2.08. The smallest absolute Gasteiger partial charge is 0.124 e. The molecule has 1 rings (SSSR count). The highest BCUT2D eigenvalue weighted by Crippen LogP contribution is 2.23. The van der Waals surface area contributed by atoms with Gasteiger partial charge in [0.2, 0.25) is 0 Å². The zero-order valence-electron chi connectivity index (χ0n) is 8.52. The normalized spacial score (nSPS) is 10.1. The van der Waals surface area contributed by atoms with Gasteiger partial charge in [0, 0.05) is 21.6 Å². The van der Waals surface area contributed by atoms with E-state index in [9.17, 15) is 0 Å². The van der Waals surface area contributed by atoms with E-state index in [1.54, 1.807) is 0 Å². The average molecular weight is 291 g/mol. The average Bonchev–Trinajstić information content (AvgIpc) is 2.17. The van der Waals surface area contributed by atoms with Crippen LogP contribution in [-0.2, 0) is 6.54 Å². The van der Waals surface area contributed by atoms with Gasteiger partial charge in [-0.3, -0.25) is 0 Å². The van der Waals surface area contributed by atoms with Gasteiger partial charge in [0.1, 0.15) is 12.4 Å². The van der Waals surface area contributed by atoms with Crippen LogP contribution in [0.1, 0.15) is 5.56 Å². The van der Waals surface area contributed by atoms with Crippen molar-refractivity contribution in [2.75, 3.05) is 13.7 Å². The van der Waals surface area contributed by atoms with Crippen LogP contribution in [0.5, 0.6) is 5.75 Å². The molecule has 0 saturated carbocycles. The van der Waals surface area contributed by atoms with Crippen LogP contribution in [0.2, 0.25) is 0 Å². The summed E-state index contributed by atoms with van der Waals surface area (Å²) in [6.45, 7) is 4.67. The van der Waals surface area contributed by atoms with Gasteiger partial charge in [0.05, 0.1) is 0 Å². The zero-order chi connectivity index (χ0) is 11.3. The molecule has 2 nitrogen and oxygen atoms in total. The number of hydrogen-bond acceptors (Lipinski definition) is 2. The van der Waals surface area contributed by atoms with Gasteiger partial charge in [0.15, 0.2) is 0 Å². The molecule has 0 amide bonds. The molecule has 0 aromatic heterocycles. The molecule has 0 fully saturated rings. The van der Waals surface area contributed by atoms with E-state index in [-0.39, 0.29) is 0 Å². The van der Waals surface area contributed by atoms with E-state index in [1.807, 2.05) is 25.2 Å². The Labute approximate surface area is 103 Å². The second kappa shape index (κ2) is 6.16. The van der Waals surface area contributed by atoms with E-state index in [1.165, 1.54) is 0 Å². The Bertz CT molecular complexity index is 354. The number of hydrogen-bond donors (Lipinski definition) is 1. The third-order valence-corrected chi connectivity index (χ3v) is 2.38. The van der Waals surface area contributed by atoms with Gasteiger partial charge >= 0.3 is 0 Å². The van der Waals surface area contributed by atoms with Gasteiger partial charge in [-0.05, 0) is 25.2 Å². The molecule has 15 heavy (non-hydrogen) atoms. The summed E-state index contributed by atoms with van der Waals surface area (Å²) in [4.78, 5) is 0. The number of rotatable bonds is 5. The van der Waals surface area contributed by atoms with Gasteiger partial charge < -0.3 is 10.1 Å². The maximum atomic E-state index is 5.64. The Balaban J connectivity index is 2.80. The van der Waals surface area contributed by atoms with E-state index in [2.05, 4.69) is 27.8 Å². The highest BCUT2D eigenvalue weighted by molar-refractivity contribution is 9.10. The summed E-state index contributed by atoms with van der Waals surface area (Å²) >= 11 is 9.06. The molecular weight excluding hydrogens is 277 g/mol. The van der Waals surface area contributed by atoms with Crippen molar-refractivity contribution < 1.29 is 4.74 Å². The molecule has 0 bridgehead atoms. The van der Waals surface area contributed by atoms with Gasteiger partial charge in [0.25, 0.3) is 0 Å². The van der Waals surface area contributed by atoms with Gasteiger partial charge in [-0.15, -0.1) is 0 Å². The third-order valence-electron chi connectivity index (χ3n) is 1.77. The van der Waals surface area contributed by atoms with E-state index in [0.29, 0.717) is 11.6 Å². The van der Waals surface area contributed by atoms with Crippen molar-refractivity contribution in [2.45, 2.75) is 6.54 Å². The third kappa shape index (κ3) is 4.24. The molecule has 0 aliphatic carbocycles. The van der Waals surface area contributed by atoms with Gasteiger partial charge in [-0.1, -0.05) is 34.1 Å². The Morgan fingerprint density at radius 1 is 1.60 bits per heavy atom. The van der Waals surface area contributed by atoms with Crippen LogP contribution in [0.4, 0.5) is 0 Å². The summed E-state index contributed by atoms with van der Waals surface area (Å²) < 4.78 is 6.55. The number of benzene rings is 1. The van der Waals surface area contributed by atoms with Crippen LogP contribution in [0.3, 0.4) is 0 Å². The predicted octanol–water partition coefficient (Wildman–Crippen LogP) is 3.30. The van der Waals surface area contributed by atoms with Crippen molar-refractivity contribution in [3.63, 3.8) is 0 Å². The quantitative estimate of drug-likeness (QED) is 0.898. The summed E-state index contributed by atoms with van der Waals surface area (Å²) in [6.07, 6.45) is 0.